The second-order valence-electron chi connectivity index (χ2n) is 5.97. The van der Waals surface area contributed by atoms with Crippen LogP contribution in [0, 0.1) is 17.8 Å². The van der Waals surface area contributed by atoms with E-state index in [2.05, 4.69) is 0 Å². The van der Waals surface area contributed by atoms with Crippen LogP contribution in [0.1, 0.15) is 53.5 Å². The number of aromatic nitrogens is 1. The molecule has 4 nitrogen and oxygen atoms in total. The number of nitrogens with zero attached hydrogens (tertiary/aromatic N) is 1. The summed E-state index contributed by atoms with van der Waals surface area (Å²) in [5.74, 6) is 1.13. The first-order chi connectivity index (χ1) is 9.06. The number of aromatic carboxylic acids is 1. The summed E-state index contributed by atoms with van der Waals surface area (Å²) in [5.41, 5.74) is 0.749. The van der Waals surface area contributed by atoms with Crippen LogP contribution >= 0.6 is 0 Å². The third-order valence-electron chi connectivity index (χ3n) is 4.38. The van der Waals surface area contributed by atoms with Crippen molar-refractivity contribution < 1.29 is 14.7 Å². The van der Waals surface area contributed by atoms with Crippen molar-refractivity contribution in [2.24, 2.45) is 17.8 Å². The van der Waals surface area contributed by atoms with E-state index >= 15 is 0 Å². The summed E-state index contributed by atoms with van der Waals surface area (Å²) < 4.78 is 1.78. The number of rotatable bonds is 6. The molecule has 0 bridgehead atoms. The Morgan fingerprint density at radius 1 is 1.32 bits per heavy atom. The van der Waals surface area contributed by atoms with E-state index in [0.29, 0.717) is 11.5 Å². The lowest BCUT2D eigenvalue weighted by atomic mass is 9.98. The molecule has 1 N–H and O–H groups in total. The predicted molar refractivity (Wildman–Crippen MR) is 70.3 cm³/mol. The van der Waals surface area contributed by atoms with Crippen molar-refractivity contribution in [1.82, 2.24) is 4.57 Å². The molecule has 2 saturated carbocycles. The van der Waals surface area contributed by atoms with E-state index in [1.54, 1.807) is 10.8 Å². The zero-order valence-electron chi connectivity index (χ0n) is 11.1. The Hall–Kier alpha value is -1.58. The highest BCUT2D eigenvalue weighted by Crippen LogP contribution is 2.50. The van der Waals surface area contributed by atoms with Gasteiger partial charge in [-0.2, -0.15) is 0 Å². The fourth-order valence-electron chi connectivity index (χ4n) is 2.99. The van der Waals surface area contributed by atoms with Crippen molar-refractivity contribution in [3.63, 3.8) is 0 Å². The van der Waals surface area contributed by atoms with E-state index in [9.17, 15) is 14.7 Å². The van der Waals surface area contributed by atoms with Crippen LogP contribution in [0.4, 0.5) is 0 Å². The minimum Gasteiger partial charge on any atom is -0.477 e. The van der Waals surface area contributed by atoms with Crippen LogP contribution in [0.25, 0.3) is 0 Å². The summed E-state index contributed by atoms with van der Waals surface area (Å²) in [6.45, 7) is 2.23. The quantitative estimate of drug-likeness (QED) is 0.801. The van der Waals surface area contributed by atoms with E-state index in [1.807, 2.05) is 0 Å². The maximum absolute atomic E-state index is 11.4. The zero-order chi connectivity index (χ0) is 13.6. The van der Waals surface area contributed by atoms with E-state index in [0.717, 1.165) is 18.4 Å². The molecule has 1 aromatic rings. The molecule has 2 fully saturated rings. The molecule has 0 atom stereocenters. The van der Waals surface area contributed by atoms with Crippen molar-refractivity contribution in [2.75, 3.05) is 0 Å². The van der Waals surface area contributed by atoms with Crippen molar-refractivity contribution in [3.8, 4) is 0 Å². The molecule has 4 heteroatoms. The molecule has 1 heterocycles. The van der Waals surface area contributed by atoms with Gasteiger partial charge in [-0.1, -0.05) is 0 Å². The number of ketones is 1. The van der Waals surface area contributed by atoms with Crippen LogP contribution in [-0.4, -0.2) is 21.4 Å². The zero-order valence-corrected chi connectivity index (χ0v) is 11.1. The number of hydrogen-bond donors (Lipinski definition) is 1. The number of Topliss-reactive ketones (excluding diaryl/α,β-unsaturated/α-hetero) is 1. The average Bonchev–Trinajstić information content (AvgIpc) is 3.24. The van der Waals surface area contributed by atoms with Crippen molar-refractivity contribution in [3.05, 3.63) is 23.5 Å². The Balaban J connectivity index is 1.85. The third kappa shape index (κ3) is 2.57. The minimum atomic E-state index is -0.946. The van der Waals surface area contributed by atoms with E-state index in [1.165, 1.54) is 38.7 Å². The lowest BCUT2D eigenvalue weighted by Crippen LogP contribution is -2.17. The maximum atomic E-state index is 11.4. The molecule has 19 heavy (non-hydrogen) atoms. The van der Waals surface area contributed by atoms with Gasteiger partial charge in [0.05, 0.1) is 0 Å². The molecule has 0 saturated heterocycles. The van der Waals surface area contributed by atoms with Gasteiger partial charge in [0.15, 0.2) is 5.78 Å². The second-order valence-corrected chi connectivity index (χ2v) is 5.97. The highest BCUT2D eigenvalue weighted by atomic mass is 16.4. The van der Waals surface area contributed by atoms with Crippen LogP contribution in [0.3, 0.4) is 0 Å². The molecule has 0 amide bonds. The Morgan fingerprint density at radius 2 is 1.89 bits per heavy atom. The Bertz CT molecular complexity index is 511. The summed E-state index contributed by atoms with van der Waals surface area (Å²) in [6, 6.07) is 1.50. The highest BCUT2D eigenvalue weighted by molar-refractivity contribution is 5.97. The largest absolute Gasteiger partial charge is 0.477 e. The van der Waals surface area contributed by atoms with Crippen molar-refractivity contribution >= 4 is 11.8 Å². The summed E-state index contributed by atoms with van der Waals surface area (Å²) in [4.78, 5) is 22.7. The average molecular weight is 261 g/mol. The Labute approximate surface area is 112 Å². The van der Waals surface area contributed by atoms with Gasteiger partial charge in [0.1, 0.15) is 5.69 Å². The molecule has 0 aromatic carbocycles. The van der Waals surface area contributed by atoms with E-state index in [4.69, 9.17) is 0 Å². The third-order valence-corrected chi connectivity index (χ3v) is 4.38. The summed E-state index contributed by atoms with van der Waals surface area (Å²) in [7, 11) is 0. The van der Waals surface area contributed by atoms with Crippen molar-refractivity contribution in [2.45, 2.75) is 39.2 Å². The molecule has 1 aromatic heterocycles. The number of carbonyl (C=O) groups is 2. The van der Waals surface area contributed by atoms with Gasteiger partial charge in [0.2, 0.25) is 0 Å². The lowest BCUT2D eigenvalue weighted by Gasteiger charge is -2.17. The molecule has 0 spiro atoms. The molecular formula is C15H19NO3. The first-order valence-corrected chi connectivity index (χ1v) is 7.00. The van der Waals surface area contributed by atoms with Crippen LogP contribution in [0.5, 0.6) is 0 Å². The molecule has 102 valence electrons. The van der Waals surface area contributed by atoms with Crippen LogP contribution in [0.15, 0.2) is 12.3 Å². The molecule has 0 radical (unpaired) electrons. The lowest BCUT2D eigenvalue weighted by molar-refractivity contribution is 0.0683. The number of carboxylic acids is 1. The number of carbonyl (C=O) groups excluding carboxylic acids is 1. The molecule has 3 rings (SSSR count). The monoisotopic (exact) mass is 261 g/mol. The normalized spacial score (nSPS) is 18.8. The van der Waals surface area contributed by atoms with Gasteiger partial charge >= 0.3 is 5.97 Å². The number of hydrogen-bond acceptors (Lipinski definition) is 2. The molecule has 0 aliphatic heterocycles. The maximum Gasteiger partial charge on any atom is 0.352 e. The smallest absolute Gasteiger partial charge is 0.352 e. The first-order valence-electron chi connectivity index (χ1n) is 7.00. The SMILES string of the molecule is CC(=O)c1cc(C(=O)O)n(CC(C2CC2)C2CC2)c1. The Kier molecular flexibility index (Phi) is 2.96. The fraction of sp³-hybridized carbons (Fsp3) is 0.600. The van der Waals surface area contributed by atoms with Crippen LogP contribution < -0.4 is 0 Å². The predicted octanol–water partition coefficient (Wildman–Crippen LogP) is 2.83. The molecule has 0 unspecified atom stereocenters. The van der Waals surface area contributed by atoms with Gasteiger partial charge in [-0.15, -0.1) is 0 Å². The van der Waals surface area contributed by atoms with E-state index in [-0.39, 0.29) is 11.5 Å². The van der Waals surface area contributed by atoms with Crippen LogP contribution in [0.2, 0.25) is 0 Å². The second kappa shape index (κ2) is 4.51. The standard InChI is InChI=1S/C15H19NO3/c1-9(17)12-6-14(15(18)19)16(7-12)8-13(10-2-3-10)11-4-5-11/h6-7,10-11,13H,2-5,8H2,1H3,(H,18,19). The van der Waals surface area contributed by atoms with Gasteiger partial charge < -0.3 is 9.67 Å². The minimum absolute atomic E-state index is 0.0735. The van der Waals surface area contributed by atoms with Gasteiger partial charge in [-0.25, -0.2) is 4.79 Å². The summed E-state index contributed by atoms with van der Waals surface area (Å²) in [6.07, 6.45) is 6.84. The molecule has 2 aliphatic carbocycles. The van der Waals surface area contributed by atoms with Gasteiger partial charge in [-0.3, -0.25) is 4.79 Å². The van der Waals surface area contributed by atoms with Gasteiger partial charge in [0, 0.05) is 18.3 Å². The highest BCUT2D eigenvalue weighted by Gasteiger charge is 2.41. The van der Waals surface area contributed by atoms with Crippen molar-refractivity contribution in [1.29, 1.82) is 0 Å². The van der Waals surface area contributed by atoms with Crippen LogP contribution in [-0.2, 0) is 6.54 Å². The van der Waals surface area contributed by atoms with Gasteiger partial charge in [-0.05, 0) is 56.4 Å². The Morgan fingerprint density at radius 3 is 2.32 bits per heavy atom. The summed E-state index contributed by atoms with van der Waals surface area (Å²) in [5, 5.41) is 9.25. The van der Waals surface area contributed by atoms with E-state index < -0.39 is 5.97 Å². The molecule has 2 aliphatic rings. The first kappa shape index (κ1) is 12.5. The number of carboxylic acid groups (broad SMARTS) is 1. The fourth-order valence-corrected chi connectivity index (χ4v) is 2.99. The summed E-state index contributed by atoms with van der Waals surface area (Å²) >= 11 is 0. The topological polar surface area (TPSA) is 59.3 Å². The molecular weight excluding hydrogens is 242 g/mol. The van der Waals surface area contributed by atoms with Gasteiger partial charge in [0.25, 0.3) is 0 Å².